The lowest BCUT2D eigenvalue weighted by Crippen LogP contribution is -2.10. The molecule has 2 rings (SSSR count). The minimum Gasteiger partial charge on any atom is -0.493 e. The molecule has 29 heavy (non-hydrogen) atoms. The molecular weight excluding hydrogens is 404 g/mol. The van der Waals surface area contributed by atoms with Crippen LogP contribution in [0.1, 0.15) is 11.1 Å². The molecule has 0 unspecified atom stereocenters. The van der Waals surface area contributed by atoms with Crippen molar-refractivity contribution in [2.75, 3.05) is 28.4 Å². The van der Waals surface area contributed by atoms with E-state index >= 15 is 0 Å². The molecule has 11 heteroatoms. The number of rotatable bonds is 9. The van der Waals surface area contributed by atoms with E-state index in [1.54, 1.807) is 18.2 Å². The van der Waals surface area contributed by atoms with Crippen LogP contribution in [0.25, 0.3) is 6.08 Å². The molecule has 2 aromatic rings. The van der Waals surface area contributed by atoms with Gasteiger partial charge in [-0.3, -0.25) is 10.1 Å². The van der Waals surface area contributed by atoms with Crippen LogP contribution in [0.5, 0.6) is 17.4 Å². The van der Waals surface area contributed by atoms with E-state index in [2.05, 4.69) is 4.98 Å². The van der Waals surface area contributed by atoms with Crippen molar-refractivity contribution in [3.8, 4) is 17.4 Å². The van der Waals surface area contributed by atoms with Gasteiger partial charge in [-0.15, -0.1) is 0 Å². The number of hydrogen-bond donors (Lipinski definition) is 0. The van der Waals surface area contributed by atoms with Gasteiger partial charge < -0.3 is 18.9 Å². The predicted molar refractivity (Wildman–Crippen MR) is 105 cm³/mol. The Morgan fingerprint density at radius 1 is 1.17 bits per heavy atom. The molecule has 0 aliphatic rings. The Kier molecular flexibility index (Phi) is 6.99. The summed E-state index contributed by atoms with van der Waals surface area (Å²) in [5.74, 6) is -0.0121. The molecule has 0 fully saturated rings. The van der Waals surface area contributed by atoms with Crippen molar-refractivity contribution in [1.82, 2.24) is 4.98 Å². The van der Waals surface area contributed by atoms with Crippen molar-refractivity contribution in [3.63, 3.8) is 0 Å². The second kappa shape index (κ2) is 9.24. The molecule has 0 bridgehead atoms. The highest BCUT2D eigenvalue weighted by Crippen LogP contribution is 2.33. The average Bonchev–Trinajstić information content (AvgIpc) is 2.70. The van der Waals surface area contributed by atoms with E-state index in [1.165, 1.54) is 40.7 Å². The van der Waals surface area contributed by atoms with Crippen molar-refractivity contribution >= 4 is 21.6 Å². The molecule has 10 nitrogen and oxygen atoms in total. The minimum atomic E-state index is -3.99. The number of nitrogens with zero attached hydrogens (tertiary/aromatic N) is 2. The van der Waals surface area contributed by atoms with Gasteiger partial charge >= 0.3 is 5.69 Å². The van der Waals surface area contributed by atoms with Gasteiger partial charge in [0.25, 0.3) is 5.88 Å². The van der Waals surface area contributed by atoms with Gasteiger partial charge in [0.2, 0.25) is 14.9 Å². The number of para-hydroxylation sites is 1. The molecule has 0 aliphatic heterocycles. The first-order valence-electron chi connectivity index (χ1n) is 8.14. The summed E-state index contributed by atoms with van der Waals surface area (Å²) in [7, 11) is 1.35. The maximum absolute atomic E-state index is 12.8. The quantitative estimate of drug-likeness (QED) is 0.339. The molecule has 0 aliphatic carbocycles. The molecule has 0 atom stereocenters. The Bertz CT molecular complexity index is 1030. The van der Waals surface area contributed by atoms with Crippen LogP contribution in [0.3, 0.4) is 0 Å². The van der Waals surface area contributed by atoms with E-state index in [1.807, 2.05) is 0 Å². The van der Waals surface area contributed by atoms with E-state index in [0.29, 0.717) is 17.1 Å². The maximum Gasteiger partial charge on any atom is 0.331 e. The molecule has 0 amide bonds. The fourth-order valence-electron chi connectivity index (χ4n) is 2.57. The molecule has 1 aromatic heterocycles. The lowest BCUT2D eigenvalue weighted by atomic mass is 10.2. The van der Waals surface area contributed by atoms with E-state index in [4.69, 9.17) is 18.9 Å². The van der Waals surface area contributed by atoms with Crippen LogP contribution in [-0.4, -0.2) is 46.8 Å². The summed E-state index contributed by atoms with van der Waals surface area (Å²) in [6.45, 7) is 0. The third-order valence-corrected chi connectivity index (χ3v) is 5.46. The van der Waals surface area contributed by atoms with Crippen molar-refractivity contribution < 1.29 is 32.3 Å². The van der Waals surface area contributed by atoms with Crippen LogP contribution >= 0.6 is 0 Å². The van der Waals surface area contributed by atoms with Gasteiger partial charge in [-0.25, -0.2) is 13.4 Å². The molecule has 0 saturated carbocycles. The highest BCUT2D eigenvalue weighted by Gasteiger charge is 2.24. The van der Waals surface area contributed by atoms with Crippen LogP contribution in [0.15, 0.2) is 35.6 Å². The molecular formula is C18H20N2O8S. The first-order chi connectivity index (χ1) is 13.8. The largest absolute Gasteiger partial charge is 0.493 e. The topological polar surface area (TPSA) is 127 Å². The fourth-order valence-corrected chi connectivity index (χ4v) is 3.87. The van der Waals surface area contributed by atoms with Gasteiger partial charge in [0.15, 0.2) is 11.5 Å². The number of ether oxygens (including phenoxy) is 4. The molecule has 1 aromatic carbocycles. The number of hydrogen-bond acceptors (Lipinski definition) is 9. The smallest absolute Gasteiger partial charge is 0.331 e. The van der Waals surface area contributed by atoms with Gasteiger partial charge in [0.1, 0.15) is 0 Å². The van der Waals surface area contributed by atoms with Crippen LogP contribution < -0.4 is 14.2 Å². The van der Waals surface area contributed by atoms with Gasteiger partial charge in [0.05, 0.1) is 39.1 Å². The summed E-state index contributed by atoms with van der Waals surface area (Å²) in [4.78, 5) is 14.2. The van der Waals surface area contributed by atoms with E-state index in [9.17, 15) is 18.5 Å². The minimum absolute atomic E-state index is 0.109. The van der Waals surface area contributed by atoms with Gasteiger partial charge in [-0.05, 0) is 11.6 Å². The van der Waals surface area contributed by atoms with Crippen molar-refractivity contribution in [2.45, 2.75) is 5.75 Å². The Morgan fingerprint density at radius 3 is 2.45 bits per heavy atom. The SMILES string of the molecule is COC(=Cc1cccc(OC)c1OC)S(=O)(=O)Cc1cnc(OC)c([N+](=O)[O-])c1. The number of methoxy groups -OCH3 is 4. The number of sulfone groups is 1. The first-order valence-corrected chi connectivity index (χ1v) is 9.79. The Morgan fingerprint density at radius 2 is 1.90 bits per heavy atom. The summed E-state index contributed by atoms with van der Waals surface area (Å²) < 4.78 is 46.1. The second-order valence-electron chi connectivity index (χ2n) is 5.64. The number of nitro groups is 1. The standard InChI is InChI=1S/C18H20N2O8S/c1-25-15-7-5-6-13(17(15)27-3)9-16(26-2)29(23,24)11-12-8-14(20(21)22)18(28-4)19-10-12/h5-10H,11H2,1-4H3. The number of pyridine rings is 1. The third-order valence-electron chi connectivity index (χ3n) is 3.85. The Labute approximate surface area is 167 Å². The summed E-state index contributed by atoms with van der Waals surface area (Å²) in [6, 6.07) is 6.07. The monoisotopic (exact) mass is 424 g/mol. The summed E-state index contributed by atoms with van der Waals surface area (Å²) in [6.07, 6.45) is 2.49. The first kappa shape index (κ1) is 22.0. The Balaban J connectivity index is 2.45. The third kappa shape index (κ3) is 4.93. The Hall–Kier alpha value is -3.34. The molecule has 0 saturated heterocycles. The average molecular weight is 424 g/mol. The number of aromatic nitrogens is 1. The van der Waals surface area contributed by atoms with Crippen LogP contribution in [0, 0.1) is 10.1 Å². The molecule has 0 spiro atoms. The van der Waals surface area contributed by atoms with Crippen molar-refractivity contribution in [1.29, 1.82) is 0 Å². The van der Waals surface area contributed by atoms with E-state index in [-0.39, 0.29) is 16.5 Å². The van der Waals surface area contributed by atoms with Crippen molar-refractivity contribution in [2.24, 2.45) is 0 Å². The van der Waals surface area contributed by atoms with Crippen LogP contribution in [0.4, 0.5) is 5.69 Å². The molecule has 0 N–H and O–H groups in total. The number of benzene rings is 1. The molecule has 1 heterocycles. The summed E-state index contributed by atoms with van der Waals surface area (Å²) in [5, 5.41) is 10.8. The molecule has 0 radical (unpaired) electrons. The van der Waals surface area contributed by atoms with Gasteiger partial charge in [0, 0.05) is 23.9 Å². The van der Waals surface area contributed by atoms with E-state index < -0.39 is 26.2 Å². The highest BCUT2D eigenvalue weighted by atomic mass is 32.2. The van der Waals surface area contributed by atoms with Gasteiger partial charge in [-0.1, -0.05) is 12.1 Å². The zero-order valence-electron chi connectivity index (χ0n) is 16.2. The zero-order valence-corrected chi connectivity index (χ0v) is 17.1. The predicted octanol–water partition coefficient (Wildman–Crippen LogP) is 2.58. The molecule has 156 valence electrons. The highest BCUT2D eigenvalue weighted by molar-refractivity contribution is 7.94. The fraction of sp³-hybridized carbons (Fsp3) is 0.278. The van der Waals surface area contributed by atoms with Crippen molar-refractivity contribution in [3.05, 3.63) is 56.8 Å². The van der Waals surface area contributed by atoms with E-state index in [0.717, 1.165) is 6.07 Å². The van der Waals surface area contributed by atoms with Gasteiger partial charge in [-0.2, -0.15) is 0 Å². The lowest BCUT2D eigenvalue weighted by molar-refractivity contribution is -0.386. The zero-order chi connectivity index (χ0) is 21.6. The summed E-state index contributed by atoms with van der Waals surface area (Å²) >= 11 is 0. The van der Waals surface area contributed by atoms with Crippen LogP contribution in [-0.2, 0) is 20.3 Å². The maximum atomic E-state index is 12.8. The summed E-state index contributed by atoms with van der Waals surface area (Å²) in [5.41, 5.74) is 0.0989. The van der Waals surface area contributed by atoms with Crippen LogP contribution in [0.2, 0.25) is 0 Å². The normalized spacial score (nSPS) is 11.7. The second-order valence-corrected chi connectivity index (χ2v) is 7.56. The lowest BCUT2D eigenvalue weighted by Gasteiger charge is -2.12.